The Balaban J connectivity index is 2.58. The first-order chi connectivity index (χ1) is 7.72. The molecule has 0 aliphatic rings. The molecule has 0 radical (unpaired) electrons. The molecular formula is C12H9F2NO. The molecule has 0 atom stereocenters. The number of rotatable bonds is 2. The molecule has 2 aromatic rings. The van der Waals surface area contributed by atoms with Gasteiger partial charge in [0.05, 0.1) is 6.61 Å². The van der Waals surface area contributed by atoms with Crippen LogP contribution in [-0.4, -0.2) is 10.1 Å². The molecule has 16 heavy (non-hydrogen) atoms. The molecule has 0 fully saturated rings. The average molecular weight is 221 g/mol. The lowest BCUT2D eigenvalue weighted by Gasteiger charge is -2.07. The van der Waals surface area contributed by atoms with Crippen LogP contribution in [0.15, 0.2) is 36.5 Å². The monoisotopic (exact) mass is 221 g/mol. The normalized spacial score (nSPS) is 10.4. The van der Waals surface area contributed by atoms with Gasteiger partial charge in [-0.05, 0) is 29.3 Å². The fourth-order valence-electron chi connectivity index (χ4n) is 1.53. The summed E-state index contributed by atoms with van der Waals surface area (Å²) in [5.74, 6) is -1.06. The molecular weight excluding hydrogens is 212 g/mol. The third-order valence-electron chi connectivity index (χ3n) is 2.29. The average Bonchev–Trinajstić information content (AvgIpc) is 2.30. The Morgan fingerprint density at radius 1 is 1.06 bits per heavy atom. The van der Waals surface area contributed by atoms with E-state index < -0.39 is 11.8 Å². The molecule has 2 nitrogen and oxygen atoms in total. The van der Waals surface area contributed by atoms with E-state index in [1.54, 1.807) is 0 Å². The molecule has 1 aromatic carbocycles. The van der Waals surface area contributed by atoms with Crippen molar-refractivity contribution >= 4 is 0 Å². The van der Waals surface area contributed by atoms with Gasteiger partial charge in [-0.3, -0.25) is 0 Å². The summed E-state index contributed by atoms with van der Waals surface area (Å²) in [5.41, 5.74) is 1.14. The zero-order valence-corrected chi connectivity index (χ0v) is 8.32. The highest BCUT2D eigenvalue weighted by Gasteiger charge is 2.11. The van der Waals surface area contributed by atoms with Gasteiger partial charge in [0.1, 0.15) is 5.82 Å². The van der Waals surface area contributed by atoms with Gasteiger partial charge in [-0.15, -0.1) is 0 Å². The number of pyridine rings is 1. The molecule has 0 spiro atoms. The number of benzene rings is 1. The minimum atomic E-state index is -0.668. The predicted octanol–water partition coefficient (Wildman–Crippen LogP) is 2.52. The van der Waals surface area contributed by atoms with E-state index in [9.17, 15) is 8.78 Å². The van der Waals surface area contributed by atoms with Crippen molar-refractivity contribution in [2.24, 2.45) is 0 Å². The number of hydrogen-bond acceptors (Lipinski definition) is 2. The van der Waals surface area contributed by atoms with Gasteiger partial charge in [-0.1, -0.05) is 12.1 Å². The van der Waals surface area contributed by atoms with Gasteiger partial charge in [0.15, 0.2) is 0 Å². The maximum Gasteiger partial charge on any atom is 0.221 e. The van der Waals surface area contributed by atoms with Crippen LogP contribution in [0.1, 0.15) is 5.56 Å². The third-order valence-corrected chi connectivity index (χ3v) is 2.29. The standard InChI is InChI=1S/C12H9F2NO/c13-10-3-1-8(2-4-10)11-9(7-16)5-6-15-12(11)14/h1-6,16H,7H2. The maximum absolute atomic E-state index is 13.5. The summed E-state index contributed by atoms with van der Waals surface area (Å²) in [6.45, 7) is -0.286. The van der Waals surface area contributed by atoms with Gasteiger partial charge in [-0.25, -0.2) is 9.37 Å². The summed E-state index contributed by atoms with van der Waals surface area (Å²) in [5, 5.41) is 9.09. The number of aliphatic hydroxyl groups is 1. The Hall–Kier alpha value is -1.81. The highest BCUT2D eigenvalue weighted by atomic mass is 19.1. The number of aliphatic hydroxyl groups excluding tert-OH is 1. The maximum atomic E-state index is 13.5. The molecule has 0 aliphatic carbocycles. The summed E-state index contributed by atoms with van der Waals surface area (Å²) in [7, 11) is 0. The Morgan fingerprint density at radius 2 is 1.75 bits per heavy atom. The van der Waals surface area contributed by atoms with Gasteiger partial charge in [0.25, 0.3) is 0 Å². The van der Waals surface area contributed by atoms with Crippen LogP contribution in [0.3, 0.4) is 0 Å². The molecule has 4 heteroatoms. The van der Waals surface area contributed by atoms with Crippen molar-refractivity contribution in [3.8, 4) is 11.1 Å². The number of hydrogen-bond donors (Lipinski definition) is 1. The van der Waals surface area contributed by atoms with Crippen LogP contribution in [0.4, 0.5) is 8.78 Å². The van der Waals surface area contributed by atoms with Crippen LogP contribution in [0.2, 0.25) is 0 Å². The van der Waals surface area contributed by atoms with Gasteiger partial charge in [-0.2, -0.15) is 4.39 Å². The quantitative estimate of drug-likeness (QED) is 0.790. The fraction of sp³-hybridized carbons (Fsp3) is 0.0833. The van der Waals surface area contributed by atoms with Gasteiger partial charge < -0.3 is 5.11 Å². The van der Waals surface area contributed by atoms with Gasteiger partial charge in [0, 0.05) is 11.8 Å². The summed E-state index contributed by atoms with van der Waals surface area (Å²) in [4.78, 5) is 3.52. The van der Waals surface area contributed by atoms with E-state index in [0.29, 0.717) is 11.1 Å². The summed E-state index contributed by atoms with van der Waals surface area (Å²) in [6, 6.07) is 6.91. The van der Waals surface area contributed by atoms with Gasteiger partial charge >= 0.3 is 0 Å². The van der Waals surface area contributed by atoms with Crippen LogP contribution in [0.5, 0.6) is 0 Å². The van der Waals surface area contributed by atoms with E-state index in [0.717, 1.165) is 0 Å². The molecule has 82 valence electrons. The lowest BCUT2D eigenvalue weighted by molar-refractivity contribution is 0.281. The first kappa shape index (κ1) is 10.7. The molecule has 0 aliphatic heterocycles. The van der Waals surface area contributed by atoms with Crippen molar-refractivity contribution in [3.05, 3.63) is 53.9 Å². The first-order valence-corrected chi connectivity index (χ1v) is 4.72. The fourth-order valence-corrected chi connectivity index (χ4v) is 1.53. The van der Waals surface area contributed by atoms with E-state index in [1.807, 2.05) is 0 Å². The van der Waals surface area contributed by atoms with Crippen LogP contribution in [0, 0.1) is 11.8 Å². The van der Waals surface area contributed by atoms with E-state index in [2.05, 4.69) is 4.98 Å². The number of aromatic nitrogens is 1. The molecule has 1 aromatic heterocycles. The van der Waals surface area contributed by atoms with E-state index >= 15 is 0 Å². The summed E-state index contributed by atoms with van der Waals surface area (Å²) >= 11 is 0. The molecule has 0 amide bonds. The Bertz CT molecular complexity index is 497. The minimum Gasteiger partial charge on any atom is -0.392 e. The molecule has 1 heterocycles. The molecule has 0 unspecified atom stereocenters. The predicted molar refractivity (Wildman–Crippen MR) is 55.5 cm³/mol. The zero-order chi connectivity index (χ0) is 11.5. The van der Waals surface area contributed by atoms with Crippen LogP contribution in [-0.2, 0) is 6.61 Å². The van der Waals surface area contributed by atoms with Crippen molar-refractivity contribution in [1.82, 2.24) is 4.98 Å². The molecule has 0 saturated carbocycles. The van der Waals surface area contributed by atoms with E-state index in [4.69, 9.17) is 5.11 Å². The second-order valence-electron chi connectivity index (χ2n) is 3.30. The largest absolute Gasteiger partial charge is 0.392 e. The van der Waals surface area contributed by atoms with Crippen molar-refractivity contribution < 1.29 is 13.9 Å². The molecule has 0 saturated heterocycles. The second kappa shape index (κ2) is 4.37. The second-order valence-corrected chi connectivity index (χ2v) is 3.30. The van der Waals surface area contributed by atoms with Crippen molar-refractivity contribution in [1.29, 1.82) is 0 Å². The van der Waals surface area contributed by atoms with Crippen LogP contribution >= 0.6 is 0 Å². The molecule has 1 N–H and O–H groups in total. The highest BCUT2D eigenvalue weighted by molar-refractivity contribution is 5.66. The third kappa shape index (κ3) is 1.92. The highest BCUT2D eigenvalue weighted by Crippen LogP contribution is 2.25. The zero-order valence-electron chi connectivity index (χ0n) is 8.32. The molecule has 2 rings (SSSR count). The lowest BCUT2D eigenvalue weighted by Crippen LogP contribution is -1.96. The van der Waals surface area contributed by atoms with Crippen molar-refractivity contribution in [2.45, 2.75) is 6.61 Å². The van der Waals surface area contributed by atoms with E-state index in [-0.39, 0.29) is 12.2 Å². The first-order valence-electron chi connectivity index (χ1n) is 4.72. The summed E-state index contributed by atoms with van der Waals surface area (Å²) < 4.78 is 26.2. The van der Waals surface area contributed by atoms with E-state index in [1.165, 1.54) is 36.5 Å². The molecule has 0 bridgehead atoms. The van der Waals surface area contributed by atoms with Gasteiger partial charge in [0.2, 0.25) is 5.95 Å². The Kier molecular flexibility index (Phi) is 2.92. The Labute approximate surface area is 91.2 Å². The number of halogens is 2. The topological polar surface area (TPSA) is 33.1 Å². The van der Waals surface area contributed by atoms with Crippen LogP contribution < -0.4 is 0 Å². The summed E-state index contributed by atoms with van der Waals surface area (Å²) in [6.07, 6.45) is 1.29. The smallest absolute Gasteiger partial charge is 0.221 e. The minimum absolute atomic E-state index is 0.213. The van der Waals surface area contributed by atoms with Crippen molar-refractivity contribution in [3.63, 3.8) is 0 Å². The Morgan fingerprint density at radius 3 is 2.38 bits per heavy atom. The lowest BCUT2D eigenvalue weighted by atomic mass is 10.0. The number of nitrogens with zero attached hydrogens (tertiary/aromatic N) is 1. The van der Waals surface area contributed by atoms with Crippen LogP contribution in [0.25, 0.3) is 11.1 Å². The van der Waals surface area contributed by atoms with Crippen molar-refractivity contribution in [2.75, 3.05) is 0 Å². The SMILES string of the molecule is OCc1ccnc(F)c1-c1ccc(F)cc1.